The van der Waals surface area contributed by atoms with Crippen LogP contribution in [0.1, 0.15) is 62.9 Å². The lowest BCUT2D eigenvalue weighted by atomic mass is 9.81. The fraction of sp³-hybridized carbons (Fsp3) is 0.417. The predicted molar refractivity (Wildman–Crippen MR) is 185 cm³/mol. The van der Waals surface area contributed by atoms with E-state index in [9.17, 15) is 9.59 Å². The molecule has 2 atom stereocenters. The molecule has 1 saturated heterocycles. The van der Waals surface area contributed by atoms with Gasteiger partial charge in [0.1, 0.15) is 17.1 Å². The van der Waals surface area contributed by atoms with E-state index in [1.54, 1.807) is 23.9 Å². The summed E-state index contributed by atoms with van der Waals surface area (Å²) in [4.78, 5) is 40.0. The largest absolute Gasteiger partial charge is 0.493 e. The van der Waals surface area contributed by atoms with E-state index in [0.717, 1.165) is 22.3 Å². The van der Waals surface area contributed by atoms with E-state index in [1.165, 1.54) is 0 Å². The lowest BCUT2D eigenvalue weighted by molar-refractivity contribution is 0.112. The smallest absolute Gasteiger partial charge is 0.326 e. The van der Waals surface area contributed by atoms with Crippen molar-refractivity contribution < 1.29 is 14.3 Å². The van der Waals surface area contributed by atoms with Gasteiger partial charge in [-0.25, -0.2) is 9.59 Å². The molecule has 0 N–H and O–H groups in total. The first-order chi connectivity index (χ1) is 21.7. The van der Waals surface area contributed by atoms with Crippen LogP contribution in [-0.2, 0) is 11.0 Å². The number of carbonyl (C=O) groups excluding carboxylic acids is 2. The second kappa shape index (κ2) is 13.2. The molecule has 2 aliphatic heterocycles. The Labute approximate surface area is 282 Å². The summed E-state index contributed by atoms with van der Waals surface area (Å²) in [7, 11) is 3.48. The first-order valence-electron chi connectivity index (χ1n) is 15.7. The minimum Gasteiger partial charge on any atom is -0.493 e. The van der Waals surface area contributed by atoms with Crippen molar-refractivity contribution in [1.29, 1.82) is 0 Å². The zero-order chi connectivity index (χ0) is 33.4. The van der Waals surface area contributed by atoms with Crippen molar-refractivity contribution in [2.24, 2.45) is 4.99 Å². The molecular weight excluding hydrogens is 621 g/mol. The summed E-state index contributed by atoms with van der Waals surface area (Å²) in [5.41, 5.74) is 2.66. The van der Waals surface area contributed by atoms with Gasteiger partial charge in [0.15, 0.2) is 0 Å². The van der Waals surface area contributed by atoms with E-state index < -0.39 is 11.6 Å². The van der Waals surface area contributed by atoms with Gasteiger partial charge in [0.2, 0.25) is 0 Å². The van der Waals surface area contributed by atoms with Gasteiger partial charge in [0.25, 0.3) is 0 Å². The third kappa shape index (κ3) is 6.56. The van der Waals surface area contributed by atoms with Gasteiger partial charge < -0.3 is 19.4 Å². The number of ether oxygens (including phenoxy) is 1. The van der Waals surface area contributed by atoms with Crippen molar-refractivity contribution in [3.05, 3.63) is 99.0 Å². The molecule has 8 nitrogen and oxygen atoms in total. The summed E-state index contributed by atoms with van der Waals surface area (Å²) >= 11 is 12.7. The molecule has 1 fully saturated rings. The van der Waals surface area contributed by atoms with E-state index in [0.29, 0.717) is 54.4 Å². The van der Waals surface area contributed by atoms with Crippen molar-refractivity contribution in [1.82, 2.24) is 19.6 Å². The number of hydrogen-bond acceptors (Lipinski definition) is 4. The van der Waals surface area contributed by atoms with Crippen LogP contribution in [0.5, 0.6) is 5.75 Å². The highest BCUT2D eigenvalue weighted by molar-refractivity contribution is 6.30. The molecule has 3 aromatic carbocycles. The first-order valence-corrected chi connectivity index (χ1v) is 16.4. The maximum absolute atomic E-state index is 14.9. The number of hydrogen-bond donors (Lipinski definition) is 0. The number of nitrogens with zero attached hydrogens (tertiary/aromatic N) is 5. The van der Waals surface area contributed by atoms with E-state index in [-0.39, 0.29) is 17.5 Å². The Morgan fingerprint density at radius 1 is 0.913 bits per heavy atom. The summed E-state index contributed by atoms with van der Waals surface area (Å²) in [5.74, 6) is 1.20. The highest BCUT2D eigenvalue weighted by Crippen LogP contribution is 2.50. The molecule has 244 valence electrons. The minimum absolute atomic E-state index is 0.0647. The standard InChI is InChI=1S/C36H43Cl2N5O3/c1-8-46-30-23-26(35(2,3)4)13-18-29(30)32-39-36(5,25-11-16-28(38)17-12-25)31(24-9-14-27(37)15-10-24)43(32)34(45)42-21-19-41(20-22-42)33(44)40(6)7/h9-18,23,31H,8,19-22H2,1-7H3/t31-,36+/m1/s1. The second-order valence-electron chi connectivity index (χ2n) is 13.2. The quantitative estimate of drug-likeness (QED) is 0.279. The van der Waals surface area contributed by atoms with E-state index in [1.807, 2.05) is 71.3 Å². The summed E-state index contributed by atoms with van der Waals surface area (Å²) in [5, 5.41) is 1.22. The number of rotatable bonds is 5. The topological polar surface area (TPSA) is 68.7 Å². The number of urea groups is 2. The fourth-order valence-corrected chi connectivity index (χ4v) is 6.45. The molecule has 3 aromatic rings. The van der Waals surface area contributed by atoms with Gasteiger partial charge in [-0.3, -0.25) is 9.89 Å². The summed E-state index contributed by atoms with van der Waals surface area (Å²) in [6.45, 7) is 12.6. The van der Waals surface area contributed by atoms with Crippen LogP contribution in [-0.4, -0.2) is 84.4 Å². The lowest BCUT2D eigenvalue weighted by Gasteiger charge is -2.41. The Morgan fingerprint density at radius 2 is 1.48 bits per heavy atom. The Morgan fingerprint density at radius 3 is 2.02 bits per heavy atom. The second-order valence-corrected chi connectivity index (χ2v) is 14.1. The van der Waals surface area contributed by atoms with E-state index in [2.05, 4.69) is 39.8 Å². The van der Waals surface area contributed by atoms with Crippen LogP contribution in [0.4, 0.5) is 9.59 Å². The normalized spacial score (nSPS) is 20.1. The van der Waals surface area contributed by atoms with Crippen molar-refractivity contribution in [2.45, 2.75) is 51.6 Å². The van der Waals surface area contributed by atoms with Gasteiger partial charge >= 0.3 is 12.1 Å². The summed E-state index contributed by atoms with van der Waals surface area (Å²) in [6, 6.07) is 20.6. The number of piperazine rings is 1. The van der Waals surface area contributed by atoms with E-state index >= 15 is 0 Å². The fourth-order valence-electron chi connectivity index (χ4n) is 6.20. The number of benzene rings is 3. The van der Waals surface area contributed by atoms with Gasteiger partial charge in [-0.1, -0.05) is 74.3 Å². The number of halogens is 2. The van der Waals surface area contributed by atoms with Crippen LogP contribution in [0.3, 0.4) is 0 Å². The summed E-state index contributed by atoms with van der Waals surface area (Å²) in [6.07, 6.45) is 0. The Bertz CT molecular complexity index is 1610. The molecule has 4 amide bonds. The highest BCUT2D eigenvalue weighted by Gasteiger charge is 2.52. The van der Waals surface area contributed by atoms with Gasteiger partial charge in [-0.05, 0) is 72.4 Å². The highest BCUT2D eigenvalue weighted by atomic mass is 35.5. The molecule has 0 bridgehead atoms. The molecular formula is C36H43Cl2N5O3. The molecule has 10 heteroatoms. The number of carbonyl (C=O) groups is 2. The van der Waals surface area contributed by atoms with Crippen molar-refractivity contribution in [3.63, 3.8) is 0 Å². The van der Waals surface area contributed by atoms with Crippen LogP contribution in [0.2, 0.25) is 10.0 Å². The van der Waals surface area contributed by atoms with Crippen LogP contribution in [0.25, 0.3) is 0 Å². The number of amides is 4. The maximum atomic E-state index is 14.9. The van der Waals surface area contributed by atoms with Gasteiger partial charge in [-0.15, -0.1) is 0 Å². The Hall–Kier alpha value is -3.75. The Balaban J connectivity index is 1.68. The van der Waals surface area contributed by atoms with Crippen LogP contribution >= 0.6 is 23.2 Å². The van der Waals surface area contributed by atoms with Crippen molar-refractivity contribution in [3.8, 4) is 5.75 Å². The third-order valence-corrected chi connectivity index (χ3v) is 9.27. The molecule has 2 heterocycles. The molecule has 2 aliphatic rings. The zero-order valence-electron chi connectivity index (χ0n) is 27.7. The maximum Gasteiger partial charge on any atom is 0.326 e. The van der Waals surface area contributed by atoms with Gasteiger partial charge in [-0.2, -0.15) is 0 Å². The van der Waals surface area contributed by atoms with E-state index in [4.69, 9.17) is 32.9 Å². The third-order valence-electron chi connectivity index (χ3n) is 8.77. The molecule has 0 aromatic heterocycles. The van der Waals surface area contributed by atoms with Gasteiger partial charge in [0.05, 0.1) is 18.2 Å². The zero-order valence-corrected chi connectivity index (χ0v) is 29.2. The molecule has 0 radical (unpaired) electrons. The minimum atomic E-state index is -0.891. The van der Waals surface area contributed by atoms with Gasteiger partial charge in [0, 0.05) is 50.3 Å². The molecule has 0 unspecified atom stereocenters. The summed E-state index contributed by atoms with van der Waals surface area (Å²) < 4.78 is 6.25. The van der Waals surface area contributed by atoms with Crippen molar-refractivity contribution in [2.75, 3.05) is 46.9 Å². The predicted octanol–water partition coefficient (Wildman–Crippen LogP) is 7.83. The molecule has 0 aliphatic carbocycles. The van der Waals surface area contributed by atoms with Crippen molar-refractivity contribution >= 4 is 41.1 Å². The van der Waals surface area contributed by atoms with Crippen LogP contribution < -0.4 is 4.74 Å². The molecule has 0 saturated carbocycles. The van der Waals surface area contributed by atoms with Crippen LogP contribution in [0, 0.1) is 0 Å². The monoisotopic (exact) mass is 663 g/mol. The average molecular weight is 665 g/mol. The lowest BCUT2D eigenvalue weighted by Crippen LogP contribution is -2.56. The molecule has 5 rings (SSSR count). The number of aliphatic imine (C=N–C) groups is 1. The van der Waals surface area contributed by atoms with Crippen LogP contribution in [0.15, 0.2) is 71.7 Å². The average Bonchev–Trinajstić information content (AvgIpc) is 3.34. The molecule has 0 spiro atoms. The SMILES string of the molecule is CCOc1cc(C(C)(C)C)ccc1C1=N[C@@](C)(c2ccc(Cl)cc2)[C@@H](c2ccc(Cl)cc2)N1C(=O)N1CCN(C(=O)N(C)C)CC1. The molecule has 46 heavy (non-hydrogen) atoms. The Kier molecular flexibility index (Phi) is 9.62. The first kappa shape index (κ1) is 33.6. The number of amidine groups is 1.